The Bertz CT molecular complexity index is 520. The number of nitrogens with one attached hydrogen (secondary N) is 1. The largest absolute Gasteiger partial charge is 0.481 e. The van der Waals surface area contributed by atoms with Crippen molar-refractivity contribution in [3.63, 3.8) is 0 Å². The van der Waals surface area contributed by atoms with Gasteiger partial charge in [0.25, 0.3) is 0 Å². The fourth-order valence-electron chi connectivity index (χ4n) is 1.86. The molecule has 0 aliphatic heterocycles. The zero-order chi connectivity index (χ0) is 13.7. The first-order valence-corrected chi connectivity index (χ1v) is 6.20. The number of carbonyl (C=O) groups is 1. The summed E-state index contributed by atoms with van der Waals surface area (Å²) in [6, 6.07) is 8.25. The van der Waals surface area contributed by atoms with Gasteiger partial charge in [0.05, 0.1) is 12.7 Å². The predicted molar refractivity (Wildman–Crippen MR) is 72.2 cm³/mol. The van der Waals surface area contributed by atoms with Gasteiger partial charge >= 0.3 is 5.97 Å². The van der Waals surface area contributed by atoms with E-state index in [1.54, 1.807) is 12.5 Å². The maximum atomic E-state index is 10.4. The SMILES string of the molecule is CC(NCCC(=O)O)c1ccc(-n2ccnc2)cc1. The van der Waals surface area contributed by atoms with Gasteiger partial charge in [-0.3, -0.25) is 4.79 Å². The van der Waals surface area contributed by atoms with Crippen molar-refractivity contribution in [3.05, 3.63) is 48.5 Å². The van der Waals surface area contributed by atoms with Crippen LogP contribution in [-0.4, -0.2) is 27.2 Å². The molecule has 2 rings (SSSR count). The van der Waals surface area contributed by atoms with Crippen LogP contribution in [0.2, 0.25) is 0 Å². The molecule has 0 bridgehead atoms. The van der Waals surface area contributed by atoms with Crippen molar-refractivity contribution in [1.29, 1.82) is 0 Å². The molecule has 0 saturated carbocycles. The fourth-order valence-corrected chi connectivity index (χ4v) is 1.86. The third-order valence-electron chi connectivity index (χ3n) is 2.99. The van der Waals surface area contributed by atoms with Crippen LogP contribution in [0.4, 0.5) is 0 Å². The standard InChI is InChI=1S/C14H17N3O2/c1-11(16-7-6-14(18)19)12-2-4-13(5-3-12)17-9-8-15-10-17/h2-5,8-11,16H,6-7H2,1H3,(H,18,19). The zero-order valence-electron chi connectivity index (χ0n) is 10.8. The average Bonchev–Trinajstić information content (AvgIpc) is 2.92. The Kier molecular flexibility index (Phi) is 4.30. The van der Waals surface area contributed by atoms with E-state index in [9.17, 15) is 4.79 Å². The van der Waals surface area contributed by atoms with Gasteiger partial charge in [0.15, 0.2) is 0 Å². The summed E-state index contributed by atoms with van der Waals surface area (Å²) in [6.07, 6.45) is 5.52. The van der Waals surface area contributed by atoms with E-state index in [-0.39, 0.29) is 12.5 Å². The predicted octanol–water partition coefficient (Wildman–Crippen LogP) is 2.00. The summed E-state index contributed by atoms with van der Waals surface area (Å²) < 4.78 is 1.94. The minimum atomic E-state index is -0.782. The second-order valence-corrected chi connectivity index (χ2v) is 4.38. The Morgan fingerprint density at radius 3 is 2.74 bits per heavy atom. The molecular weight excluding hydrogens is 242 g/mol. The lowest BCUT2D eigenvalue weighted by molar-refractivity contribution is -0.136. The molecule has 1 atom stereocenters. The van der Waals surface area contributed by atoms with Gasteiger partial charge < -0.3 is 15.0 Å². The quantitative estimate of drug-likeness (QED) is 0.832. The topological polar surface area (TPSA) is 67.2 Å². The lowest BCUT2D eigenvalue weighted by Crippen LogP contribution is -2.21. The van der Waals surface area contributed by atoms with Gasteiger partial charge in [0, 0.05) is 30.7 Å². The number of imidazole rings is 1. The summed E-state index contributed by atoms with van der Waals surface area (Å²) in [6.45, 7) is 2.49. The zero-order valence-corrected chi connectivity index (χ0v) is 10.8. The van der Waals surface area contributed by atoms with Crippen LogP contribution >= 0.6 is 0 Å². The summed E-state index contributed by atoms with van der Waals surface area (Å²) in [5.74, 6) is -0.782. The van der Waals surface area contributed by atoms with E-state index in [1.165, 1.54) is 0 Å². The van der Waals surface area contributed by atoms with E-state index >= 15 is 0 Å². The lowest BCUT2D eigenvalue weighted by Gasteiger charge is -2.14. The lowest BCUT2D eigenvalue weighted by atomic mass is 10.1. The van der Waals surface area contributed by atoms with Gasteiger partial charge in [-0.2, -0.15) is 0 Å². The van der Waals surface area contributed by atoms with E-state index in [0.29, 0.717) is 6.54 Å². The summed E-state index contributed by atoms with van der Waals surface area (Å²) in [4.78, 5) is 14.5. The number of hydrogen-bond donors (Lipinski definition) is 2. The molecule has 1 unspecified atom stereocenters. The fraction of sp³-hybridized carbons (Fsp3) is 0.286. The average molecular weight is 259 g/mol. The van der Waals surface area contributed by atoms with Crippen molar-refractivity contribution in [2.24, 2.45) is 0 Å². The normalized spacial score (nSPS) is 12.3. The number of hydrogen-bond acceptors (Lipinski definition) is 3. The van der Waals surface area contributed by atoms with Crippen molar-refractivity contribution < 1.29 is 9.90 Å². The number of carboxylic acids is 1. The Morgan fingerprint density at radius 2 is 2.16 bits per heavy atom. The summed E-state index contributed by atoms with van der Waals surface area (Å²) >= 11 is 0. The van der Waals surface area contributed by atoms with Crippen molar-refractivity contribution >= 4 is 5.97 Å². The molecular formula is C14H17N3O2. The smallest absolute Gasteiger partial charge is 0.304 e. The molecule has 1 aromatic heterocycles. The molecule has 5 heteroatoms. The molecule has 2 N–H and O–H groups in total. The number of benzene rings is 1. The molecule has 0 aliphatic carbocycles. The van der Waals surface area contributed by atoms with Crippen LogP contribution in [0.25, 0.3) is 5.69 Å². The summed E-state index contributed by atoms with van der Waals surface area (Å²) in [5, 5.41) is 11.8. The highest BCUT2D eigenvalue weighted by atomic mass is 16.4. The van der Waals surface area contributed by atoms with Crippen LogP contribution in [0.15, 0.2) is 43.0 Å². The van der Waals surface area contributed by atoms with Gasteiger partial charge in [-0.25, -0.2) is 4.98 Å². The van der Waals surface area contributed by atoms with Crippen LogP contribution in [0.5, 0.6) is 0 Å². The van der Waals surface area contributed by atoms with E-state index in [1.807, 2.05) is 42.0 Å². The number of aliphatic carboxylic acids is 1. The van der Waals surface area contributed by atoms with Gasteiger partial charge in [-0.15, -0.1) is 0 Å². The summed E-state index contributed by atoms with van der Waals surface area (Å²) in [5.41, 5.74) is 2.19. The molecule has 0 fully saturated rings. The van der Waals surface area contributed by atoms with Crippen LogP contribution in [-0.2, 0) is 4.79 Å². The van der Waals surface area contributed by atoms with E-state index in [2.05, 4.69) is 10.3 Å². The van der Waals surface area contributed by atoms with E-state index in [4.69, 9.17) is 5.11 Å². The Labute approximate surface area is 111 Å². The van der Waals surface area contributed by atoms with Gasteiger partial charge in [-0.05, 0) is 24.6 Å². The number of aromatic nitrogens is 2. The minimum absolute atomic E-state index is 0.135. The Hall–Kier alpha value is -2.14. The molecule has 5 nitrogen and oxygen atoms in total. The molecule has 0 amide bonds. The highest BCUT2D eigenvalue weighted by Gasteiger charge is 2.06. The molecule has 0 saturated heterocycles. The second-order valence-electron chi connectivity index (χ2n) is 4.38. The highest BCUT2D eigenvalue weighted by Crippen LogP contribution is 2.15. The van der Waals surface area contributed by atoms with Crippen molar-refractivity contribution in [3.8, 4) is 5.69 Å². The second kappa shape index (κ2) is 6.15. The third kappa shape index (κ3) is 3.66. The van der Waals surface area contributed by atoms with Crippen LogP contribution < -0.4 is 5.32 Å². The molecule has 2 aromatic rings. The van der Waals surface area contributed by atoms with Crippen molar-refractivity contribution in [2.75, 3.05) is 6.54 Å². The van der Waals surface area contributed by atoms with E-state index in [0.717, 1.165) is 11.3 Å². The molecule has 0 spiro atoms. The Morgan fingerprint density at radius 1 is 1.42 bits per heavy atom. The molecule has 1 heterocycles. The number of nitrogens with zero attached hydrogens (tertiary/aromatic N) is 2. The van der Waals surface area contributed by atoms with Crippen LogP contribution in [0.1, 0.15) is 24.9 Å². The monoisotopic (exact) mass is 259 g/mol. The molecule has 100 valence electrons. The van der Waals surface area contributed by atoms with Crippen molar-refractivity contribution in [2.45, 2.75) is 19.4 Å². The highest BCUT2D eigenvalue weighted by molar-refractivity contribution is 5.66. The number of rotatable bonds is 6. The molecule has 0 radical (unpaired) electrons. The summed E-state index contributed by atoms with van der Waals surface area (Å²) in [7, 11) is 0. The van der Waals surface area contributed by atoms with Gasteiger partial charge in [-0.1, -0.05) is 12.1 Å². The maximum Gasteiger partial charge on any atom is 0.304 e. The van der Waals surface area contributed by atoms with Crippen LogP contribution in [0, 0.1) is 0 Å². The van der Waals surface area contributed by atoms with E-state index < -0.39 is 5.97 Å². The number of carboxylic acid groups (broad SMARTS) is 1. The first-order valence-electron chi connectivity index (χ1n) is 6.20. The van der Waals surface area contributed by atoms with Gasteiger partial charge in [0.2, 0.25) is 0 Å². The molecule has 1 aromatic carbocycles. The first kappa shape index (κ1) is 13.3. The minimum Gasteiger partial charge on any atom is -0.481 e. The van der Waals surface area contributed by atoms with Crippen LogP contribution in [0.3, 0.4) is 0 Å². The first-order chi connectivity index (χ1) is 9.16. The maximum absolute atomic E-state index is 10.4. The van der Waals surface area contributed by atoms with Gasteiger partial charge in [0.1, 0.15) is 0 Å². The van der Waals surface area contributed by atoms with Crippen molar-refractivity contribution in [1.82, 2.24) is 14.9 Å². The molecule has 19 heavy (non-hydrogen) atoms. The third-order valence-corrected chi connectivity index (χ3v) is 2.99. The Balaban J connectivity index is 1.96. The molecule has 0 aliphatic rings.